The molecule has 5 heteroatoms. The van der Waals surface area contributed by atoms with Gasteiger partial charge < -0.3 is 10.5 Å². The van der Waals surface area contributed by atoms with E-state index in [1.165, 1.54) is 0 Å². The third-order valence-electron chi connectivity index (χ3n) is 2.43. The van der Waals surface area contributed by atoms with E-state index < -0.39 is 0 Å². The molecule has 0 bridgehead atoms. The summed E-state index contributed by atoms with van der Waals surface area (Å²) in [7, 11) is 1.74. The lowest BCUT2D eigenvalue weighted by atomic mass is 10.2. The summed E-state index contributed by atoms with van der Waals surface area (Å²) < 4.78 is 7.19. The summed E-state index contributed by atoms with van der Waals surface area (Å²) >= 11 is 0. The first-order valence-electron chi connectivity index (χ1n) is 5.09. The zero-order valence-electron chi connectivity index (χ0n) is 9.64. The van der Waals surface area contributed by atoms with Crippen LogP contribution in [0.3, 0.4) is 0 Å². The molecule has 0 aliphatic carbocycles. The van der Waals surface area contributed by atoms with Gasteiger partial charge in [-0.1, -0.05) is 12.1 Å². The number of benzene rings is 1. The highest BCUT2D eigenvalue weighted by Crippen LogP contribution is 2.30. The number of nitrogens with two attached hydrogens (primary N) is 1. The highest BCUT2D eigenvalue weighted by molar-refractivity contribution is 5.55. The lowest BCUT2D eigenvalue weighted by Crippen LogP contribution is -1.98. The maximum absolute atomic E-state index is 8.96. The molecule has 1 heterocycles. The van der Waals surface area contributed by atoms with E-state index in [-0.39, 0.29) is 0 Å². The molecule has 2 N–H and O–H groups in total. The van der Waals surface area contributed by atoms with Gasteiger partial charge in [0.2, 0.25) is 5.88 Å². The summed E-state index contributed by atoms with van der Waals surface area (Å²) in [6.07, 6.45) is 0. The third-order valence-corrected chi connectivity index (χ3v) is 2.43. The molecule has 0 aliphatic rings. The van der Waals surface area contributed by atoms with E-state index in [9.17, 15) is 0 Å². The van der Waals surface area contributed by atoms with Gasteiger partial charge in [0.1, 0.15) is 17.5 Å². The van der Waals surface area contributed by atoms with Gasteiger partial charge in [-0.2, -0.15) is 10.4 Å². The van der Waals surface area contributed by atoms with Crippen LogP contribution in [-0.2, 0) is 7.05 Å². The predicted molar refractivity (Wildman–Crippen MR) is 63.6 cm³/mol. The van der Waals surface area contributed by atoms with Gasteiger partial charge in [0.25, 0.3) is 0 Å². The molecule has 0 radical (unpaired) electrons. The van der Waals surface area contributed by atoms with E-state index in [0.29, 0.717) is 28.6 Å². The largest absolute Gasteiger partial charge is 0.436 e. The van der Waals surface area contributed by atoms with Crippen LogP contribution in [-0.4, -0.2) is 9.78 Å². The Morgan fingerprint density at radius 3 is 2.71 bits per heavy atom. The number of nitrogens with zero attached hydrogens (tertiary/aromatic N) is 3. The van der Waals surface area contributed by atoms with Crippen molar-refractivity contribution in [1.29, 1.82) is 5.26 Å². The Kier molecular flexibility index (Phi) is 2.71. The van der Waals surface area contributed by atoms with Gasteiger partial charge in [0.05, 0.1) is 11.3 Å². The van der Waals surface area contributed by atoms with Gasteiger partial charge in [0, 0.05) is 7.05 Å². The molecule has 0 saturated carbocycles. The second kappa shape index (κ2) is 4.18. The Hall–Kier alpha value is -2.48. The van der Waals surface area contributed by atoms with Gasteiger partial charge in [-0.25, -0.2) is 4.68 Å². The molecule has 0 saturated heterocycles. The molecule has 0 unspecified atom stereocenters. The van der Waals surface area contributed by atoms with Crippen molar-refractivity contribution >= 4 is 5.69 Å². The summed E-state index contributed by atoms with van der Waals surface area (Å²) in [5.74, 6) is 0.926. The molecule has 1 aromatic heterocycles. The van der Waals surface area contributed by atoms with Crippen LogP contribution in [0.4, 0.5) is 5.69 Å². The lowest BCUT2D eigenvalue weighted by molar-refractivity contribution is 0.431. The Morgan fingerprint density at radius 1 is 1.41 bits per heavy atom. The van der Waals surface area contributed by atoms with Crippen LogP contribution in [0.2, 0.25) is 0 Å². The van der Waals surface area contributed by atoms with Crippen molar-refractivity contribution < 1.29 is 4.74 Å². The summed E-state index contributed by atoms with van der Waals surface area (Å²) in [6, 6.07) is 9.06. The number of hydrogen-bond donors (Lipinski definition) is 1. The van der Waals surface area contributed by atoms with Crippen LogP contribution in [0.25, 0.3) is 0 Å². The van der Waals surface area contributed by atoms with Crippen LogP contribution in [0.15, 0.2) is 24.3 Å². The third kappa shape index (κ3) is 1.93. The number of nitrogen functional groups attached to an aromatic ring is 1. The van der Waals surface area contributed by atoms with Crippen LogP contribution in [0.5, 0.6) is 11.6 Å². The van der Waals surface area contributed by atoms with Crippen molar-refractivity contribution in [2.24, 2.45) is 7.05 Å². The van der Waals surface area contributed by atoms with Crippen molar-refractivity contribution in [3.05, 3.63) is 35.5 Å². The molecule has 0 amide bonds. The van der Waals surface area contributed by atoms with E-state index in [4.69, 9.17) is 15.7 Å². The lowest BCUT2D eigenvalue weighted by Gasteiger charge is -2.07. The first kappa shape index (κ1) is 11.0. The van der Waals surface area contributed by atoms with Crippen molar-refractivity contribution in [2.45, 2.75) is 6.92 Å². The van der Waals surface area contributed by atoms with Crippen molar-refractivity contribution in [3.63, 3.8) is 0 Å². The fraction of sp³-hybridized carbons (Fsp3) is 0.167. The molecule has 1 aromatic carbocycles. The van der Waals surface area contributed by atoms with E-state index in [0.717, 1.165) is 0 Å². The molecule has 0 spiro atoms. The minimum Gasteiger partial charge on any atom is -0.436 e. The zero-order chi connectivity index (χ0) is 12.4. The first-order valence-corrected chi connectivity index (χ1v) is 5.09. The number of ether oxygens (including phenoxy) is 1. The van der Waals surface area contributed by atoms with Gasteiger partial charge in [0.15, 0.2) is 0 Å². The van der Waals surface area contributed by atoms with E-state index >= 15 is 0 Å². The Morgan fingerprint density at radius 2 is 2.12 bits per heavy atom. The number of aromatic nitrogens is 2. The summed E-state index contributed by atoms with van der Waals surface area (Å²) in [5.41, 5.74) is 7.51. The highest BCUT2D eigenvalue weighted by atomic mass is 16.5. The molecule has 0 fully saturated rings. The normalized spacial score (nSPS) is 9.94. The highest BCUT2D eigenvalue weighted by Gasteiger charge is 2.13. The van der Waals surface area contributed by atoms with Crippen molar-refractivity contribution in [2.75, 3.05) is 5.73 Å². The van der Waals surface area contributed by atoms with Gasteiger partial charge >= 0.3 is 0 Å². The van der Waals surface area contributed by atoms with Gasteiger partial charge in [-0.15, -0.1) is 0 Å². The number of anilines is 1. The maximum atomic E-state index is 8.96. The number of para-hydroxylation sites is 1. The predicted octanol–water partition coefficient (Wildman–Crippen LogP) is 1.97. The van der Waals surface area contributed by atoms with Crippen molar-refractivity contribution in [1.82, 2.24) is 9.78 Å². The number of nitriles is 1. The summed E-state index contributed by atoms with van der Waals surface area (Å²) in [6.45, 7) is 1.80. The first-order chi connectivity index (χ1) is 8.13. The average molecular weight is 228 g/mol. The molecule has 5 nitrogen and oxygen atoms in total. The topological polar surface area (TPSA) is 76.9 Å². The monoisotopic (exact) mass is 228 g/mol. The molecule has 0 atom stereocenters. The smallest absolute Gasteiger partial charge is 0.241 e. The summed E-state index contributed by atoms with van der Waals surface area (Å²) in [4.78, 5) is 0. The molecule has 86 valence electrons. The average Bonchev–Trinajstić information content (AvgIpc) is 2.57. The van der Waals surface area contributed by atoms with Crippen LogP contribution >= 0.6 is 0 Å². The SMILES string of the molecule is Cc1nn(C)c(Oc2ccccc2C#N)c1N. The van der Waals surface area contributed by atoms with Crippen LogP contribution in [0.1, 0.15) is 11.3 Å². The van der Waals surface area contributed by atoms with Crippen LogP contribution < -0.4 is 10.5 Å². The summed E-state index contributed by atoms with van der Waals surface area (Å²) in [5, 5.41) is 13.1. The minimum absolute atomic E-state index is 0.449. The maximum Gasteiger partial charge on any atom is 0.241 e. The fourth-order valence-electron chi connectivity index (χ4n) is 1.53. The quantitative estimate of drug-likeness (QED) is 0.852. The standard InChI is InChI=1S/C12H12N4O/c1-8-11(14)12(16(2)15-8)17-10-6-4-3-5-9(10)7-13/h3-6H,14H2,1-2H3. The second-order valence-corrected chi connectivity index (χ2v) is 3.64. The van der Waals surface area contributed by atoms with Gasteiger partial charge in [-0.3, -0.25) is 0 Å². The van der Waals surface area contributed by atoms with E-state index in [1.807, 2.05) is 0 Å². The molecule has 17 heavy (non-hydrogen) atoms. The molecule has 2 aromatic rings. The van der Waals surface area contributed by atoms with Gasteiger partial charge in [-0.05, 0) is 19.1 Å². The minimum atomic E-state index is 0.449. The number of hydrogen-bond acceptors (Lipinski definition) is 4. The Labute approximate surface area is 99.0 Å². The Bertz CT molecular complexity index is 595. The second-order valence-electron chi connectivity index (χ2n) is 3.64. The van der Waals surface area contributed by atoms with E-state index in [1.54, 1.807) is 42.9 Å². The molecule has 0 aliphatic heterocycles. The van der Waals surface area contributed by atoms with E-state index in [2.05, 4.69) is 11.2 Å². The number of aryl methyl sites for hydroxylation is 2. The van der Waals surface area contributed by atoms with Crippen LogP contribution in [0, 0.1) is 18.3 Å². The fourth-order valence-corrected chi connectivity index (χ4v) is 1.53. The molecular formula is C12H12N4O. The number of rotatable bonds is 2. The van der Waals surface area contributed by atoms with Crippen molar-refractivity contribution in [3.8, 4) is 17.7 Å². The Balaban J connectivity index is 2.42. The molecular weight excluding hydrogens is 216 g/mol. The molecule has 2 rings (SSSR count). The zero-order valence-corrected chi connectivity index (χ0v) is 9.64.